The van der Waals surface area contributed by atoms with Crippen LogP contribution >= 0.6 is 34.4 Å². The molecule has 1 aliphatic rings. The minimum absolute atomic E-state index is 0.350. The minimum atomic E-state index is 0.350. The second kappa shape index (κ2) is 3.33. The van der Waals surface area contributed by atoms with Gasteiger partial charge in [-0.3, -0.25) is 0 Å². The molecule has 0 unspecified atom stereocenters. The fraction of sp³-hybridized carbons (Fsp3) is 0.250. The molecule has 0 aromatic heterocycles. The van der Waals surface area contributed by atoms with Crippen molar-refractivity contribution >= 4 is 34.4 Å². The summed E-state index contributed by atoms with van der Waals surface area (Å²) in [7, 11) is 0. The summed E-state index contributed by atoms with van der Waals surface area (Å²) in [6.07, 6.45) is 2.06. The summed E-state index contributed by atoms with van der Waals surface area (Å²) < 4.78 is 11.7. The van der Waals surface area contributed by atoms with Crippen LogP contribution in [0.4, 0.5) is 0 Å². The first-order chi connectivity index (χ1) is 5.81. The van der Waals surface area contributed by atoms with Crippen molar-refractivity contribution < 1.29 is 9.47 Å². The number of benzene rings is 1. The maximum Gasteiger partial charge on any atom is 0.231 e. The monoisotopic (exact) mass is 294 g/mol. The fourth-order valence-electron chi connectivity index (χ4n) is 1.05. The quantitative estimate of drug-likeness (QED) is 0.586. The zero-order valence-corrected chi connectivity index (χ0v) is 9.44. The third-order valence-electron chi connectivity index (χ3n) is 1.65. The average molecular weight is 294 g/mol. The Balaban J connectivity index is 2.49. The number of thioether (sulfide) groups is 1. The molecule has 0 bridgehead atoms. The van der Waals surface area contributed by atoms with Crippen molar-refractivity contribution in [1.82, 2.24) is 0 Å². The van der Waals surface area contributed by atoms with Gasteiger partial charge in [0.05, 0.1) is 0 Å². The van der Waals surface area contributed by atoms with Crippen molar-refractivity contribution in [3.63, 3.8) is 0 Å². The Morgan fingerprint density at radius 2 is 2.00 bits per heavy atom. The zero-order valence-electron chi connectivity index (χ0n) is 6.46. The highest BCUT2D eigenvalue weighted by molar-refractivity contribution is 14.1. The van der Waals surface area contributed by atoms with E-state index in [1.54, 1.807) is 11.8 Å². The van der Waals surface area contributed by atoms with Crippen molar-refractivity contribution in [3.8, 4) is 11.5 Å². The summed E-state index contributed by atoms with van der Waals surface area (Å²) >= 11 is 4.02. The molecule has 4 heteroatoms. The lowest BCUT2D eigenvalue weighted by atomic mass is 10.3. The van der Waals surface area contributed by atoms with Crippen LogP contribution in [-0.4, -0.2) is 13.0 Å². The normalized spacial score (nSPS) is 13.5. The molecule has 0 saturated carbocycles. The SMILES string of the molecule is CSc1cc2c(cc1I)OCO2. The van der Waals surface area contributed by atoms with Crippen molar-refractivity contribution in [2.24, 2.45) is 0 Å². The lowest BCUT2D eigenvalue weighted by Crippen LogP contribution is -1.92. The highest BCUT2D eigenvalue weighted by Crippen LogP contribution is 2.38. The van der Waals surface area contributed by atoms with Crippen molar-refractivity contribution in [3.05, 3.63) is 15.7 Å². The second-order valence-corrected chi connectivity index (χ2v) is 4.35. The molecule has 1 heterocycles. The molecule has 12 heavy (non-hydrogen) atoms. The molecule has 0 spiro atoms. The first-order valence-electron chi connectivity index (χ1n) is 3.44. The Morgan fingerprint density at radius 1 is 1.33 bits per heavy atom. The van der Waals surface area contributed by atoms with Gasteiger partial charge < -0.3 is 9.47 Å². The van der Waals surface area contributed by atoms with E-state index in [2.05, 4.69) is 28.8 Å². The molecule has 0 saturated heterocycles. The second-order valence-electron chi connectivity index (χ2n) is 2.34. The van der Waals surface area contributed by atoms with Gasteiger partial charge >= 0.3 is 0 Å². The largest absolute Gasteiger partial charge is 0.454 e. The van der Waals surface area contributed by atoms with E-state index in [0.29, 0.717) is 6.79 Å². The molecule has 0 N–H and O–H groups in total. The molecule has 2 nitrogen and oxygen atoms in total. The number of ether oxygens (including phenoxy) is 2. The third-order valence-corrected chi connectivity index (χ3v) is 3.68. The van der Waals surface area contributed by atoms with Crippen LogP contribution in [0.2, 0.25) is 0 Å². The summed E-state index contributed by atoms with van der Waals surface area (Å²) in [5, 5.41) is 0. The standard InChI is InChI=1S/C8H7IO2S/c1-12-8-3-7-6(2-5(8)9)10-4-11-7/h2-3H,4H2,1H3. The van der Waals surface area contributed by atoms with Crippen LogP contribution in [0.3, 0.4) is 0 Å². The van der Waals surface area contributed by atoms with Crippen LogP contribution in [-0.2, 0) is 0 Å². The number of hydrogen-bond acceptors (Lipinski definition) is 3. The van der Waals surface area contributed by atoms with Crippen LogP contribution < -0.4 is 9.47 Å². The molecule has 0 aliphatic carbocycles. The Labute approximate surface area is 88.8 Å². The Hall–Kier alpha value is -0.100. The first-order valence-corrected chi connectivity index (χ1v) is 5.75. The number of fused-ring (bicyclic) bond motifs is 1. The molecule has 1 aromatic carbocycles. The summed E-state index contributed by atoms with van der Waals surface area (Å²) in [6, 6.07) is 4.03. The molecule has 1 aromatic rings. The van der Waals surface area contributed by atoms with Crippen molar-refractivity contribution in [2.45, 2.75) is 4.90 Å². The fourth-order valence-corrected chi connectivity index (χ4v) is 2.63. The average Bonchev–Trinajstić information content (AvgIpc) is 2.49. The van der Waals surface area contributed by atoms with Gasteiger partial charge in [-0.05, 0) is 41.0 Å². The third kappa shape index (κ3) is 1.37. The smallest absolute Gasteiger partial charge is 0.231 e. The van der Waals surface area contributed by atoms with E-state index in [4.69, 9.17) is 9.47 Å². The van der Waals surface area contributed by atoms with Gasteiger partial charge in [0.1, 0.15) is 0 Å². The van der Waals surface area contributed by atoms with Crippen LogP contribution in [0.1, 0.15) is 0 Å². The van der Waals surface area contributed by atoms with E-state index >= 15 is 0 Å². The lowest BCUT2D eigenvalue weighted by Gasteiger charge is -2.02. The highest BCUT2D eigenvalue weighted by atomic mass is 127. The van der Waals surface area contributed by atoms with Crippen molar-refractivity contribution in [2.75, 3.05) is 13.0 Å². The molecular weight excluding hydrogens is 287 g/mol. The summed E-state index contributed by atoms with van der Waals surface area (Å²) in [5.74, 6) is 1.72. The van der Waals surface area contributed by atoms with E-state index < -0.39 is 0 Å². The maximum absolute atomic E-state index is 5.26. The lowest BCUT2D eigenvalue weighted by molar-refractivity contribution is 0.174. The van der Waals surface area contributed by atoms with Crippen LogP contribution in [0.5, 0.6) is 11.5 Å². The van der Waals surface area contributed by atoms with Crippen LogP contribution in [0.15, 0.2) is 17.0 Å². The van der Waals surface area contributed by atoms with Gasteiger partial charge in [0.2, 0.25) is 6.79 Å². The highest BCUT2D eigenvalue weighted by Gasteiger charge is 2.15. The molecule has 0 fully saturated rings. The summed E-state index contributed by atoms with van der Waals surface area (Å²) in [6.45, 7) is 0.350. The first kappa shape index (κ1) is 8.50. The Bertz CT molecular complexity index is 313. The maximum atomic E-state index is 5.26. The van der Waals surface area contributed by atoms with Gasteiger partial charge in [0.15, 0.2) is 11.5 Å². The van der Waals surface area contributed by atoms with E-state index in [0.717, 1.165) is 11.5 Å². The molecule has 0 amide bonds. The van der Waals surface area contributed by atoms with E-state index in [1.807, 2.05) is 12.1 Å². The number of hydrogen-bond donors (Lipinski definition) is 0. The molecular formula is C8H7IO2S. The van der Waals surface area contributed by atoms with Gasteiger partial charge in [0, 0.05) is 8.47 Å². The van der Waals surface area contributed by atoms with Crippen LogP contribution in [0, 0.1) is 3.57 Å². The van der Waals surface area contributed by atoms with Gasteiger partial charge in [0.25, 0.3) is 0 Å². The Kier molecular flexibility index (Phi) is 2.36. The molecule has 64 valence electrons. The minimum Gasteiger partial charge on any atom is -0.454 e. The van der Waals surface area contributed by atoms with Crippen LogP contribution in [0.25, 0.3) is 0 Å². The van der Waals surface area contributed by atoms with E-state index in [9.17, 15) is 0 Å². The topological polar surface area (TPSA) is 18.5 Å². The predicted octanol–water partition coefficient (Wildman–Crippen LogP) is 2.74. The van der Waals surface area contributed by atoms with E-state index in [-0.39, 0.29) is 0 Å². The van der Waals surface area contributed by atoms with Gasteiger partial charge in [-0.2, -0.15) is 0 Å². The number of halogens is 1. The molecule has 2 rings (SSSR count). The summed E-state index contributed by atoms with van der Waals surface area (Å²) in [5.41, 5.74) is 0. The van der Waals surface area contributed by atoms with E-state index in [1.165, 1.54) is 8.47 Å². The molecule has 0 radical (unpaired) electrons. The van der Waals surface area contributed by atoms with Crippen molar-refractivity contribution in [1.29, 1.82) is 0 Å². The van der Waals surface area contributed by atoms with Gasteiger partial charge in [-0.25, -0.2) is 0 Å². The Morgan fingerprint density at radius 3 is 2.67 bits per heavy atom. The van der Waals surface area contributed by atoms with Gasteiger partial charge in [-0.15, -0.1) is 11.8 Å². The van der Waals surface area contributed by atoms with Gasteiger partial charge in [-0.1, -0.05) is 0 Å². The summed E-state index contributed by atoms with van der Waals surface area (Å²) in [4.78, 5) is 1.24. The molecule has 0 atom stereocenters. The zero-order chi connectivity index (χ0) is 8.55. The predicted molar refractivity (Wildman–Crippen MR) is 57.1 cm³/mol. The number of rotatable bonds is 1. The molecule has 1 aliphatic heterocycles.